The van der Waals surface area contributed by atoms with Gasteiger partial charge in [0.25, 0.3) is 5.91 Å². The Balaban J connectivity index is 2.25. The van der Waals surface area contributed by atoms with Crippen molar-refractivity contribution in [1.82, 2.24) is 9.62 Å². The summed E-state index contributed by atoms with van der Waals surface area (Å²) in [6.45, 7) is 5.85. The van der Waals surface area contributed by atoms with Gasteiger partial charge in [-0.25, -0.2) is 13.1 Å². The molecule has 7 heteroatoms. The lowest BCUT2D eigenvalue weighted by atomic mass is 10.1. The summed E-state index contributed by atoms with van der Waals surface area (Å²) in [4.78, 5) is 14.5. The van der Waals surface area contributed by atoms with Crippen LogP contribution in [-0.2, 0) is 10.0 Å². The largest absolute Gasteiger partial charge is 0.496 e. The van der Waals surface area contributed by atoms with E-state index in [0.29, 0.717) is 36.9 Å². The summed E-state index contributed by atoms with van der Waals surface area (Å²) in [5.41, 5.74) is 0.297. The number of rotatable bonds is 7. The molecule has 6 nitrogen and oxygen atoms in total. The molecule has 0 atom stereocenters. The number of ether oxygens (including phenoxy) is 1. The van der Waals surface area contributed by atoms with Gasteiger partial charge in [-0.15, -0.1) is 0 Å². The van der Waals surface area contributed by atoms with E-state index in [4.69, 9.17) is 4.74 Å². The molecule has 1 saturated heterocycles. The number of hydrogen-bond acceptors (Lipinski definition) is 4. The van der Waals surface area contributed by atoms with Gasteiger partial charge in [-0.3, -0.25) is 4.79 Å². The molecule has 0 bridgehead atoms. The van der Waals surface area contributed by atoms with Crippen LogP contribution in [0.4, 0.5) is 0 Å². The molecule has 1 amide bonds. The SMILES string of the molecule is COc1ccc(S(=O)(=O)NCCC(C)C)cc1C(=O)N1CCCC1. The molecular weight excluding hydrogens is 328 g/mol. The Kier molecular flexibility index (Phi) is 6.23. The summed E-state index contributed by atoms with van der Waals surface area (Å²) in [5, 5.41) is 0. The quantitative estimate of drug-likeness (QED) is 0.815. The van der Waals surface area contributed by atoms with E-state index in [-0.39, 0.29) is 10.8 Å². The van der Waals surface area contributed by atoms with Crippen LogP contribution in [-0.4, -0.2) is 46.0 Å². The zero-order valence-electron chi connectivity index (χ0n) is 14.5. The number of carbonyl (C=O) groups excluding carboxylic acids is 1. The Morgan fingerprint density at radius 1 is 1.29 bits per heavy atom. The van der Waals surface area contributed by atoms with Crippen molar-refractivity contribution in [2.45, 2.75) is 38.0 Å². The van der Waals surface area contributed by atoms with Crippen LogP contribution in [0.1, 0.15) is 43.5 Å². The molecule has 1 fully saturated rings. The molecule has 0 saturated carbocycles. The summed E-state index contributed by atoms with van der Waals surface area (Å²) in [6.07, 6.45) is 2.71. The maximum absolute atomic E-state index is 12.6. The monoisotopic (exact) mass is 354 g/mol. The average Bonchev–Trinajstić information content (AvgIpc) is 3.07. The highest BCUT2D eigenvalue weighted by atomic mass is 32.2. The standard InChI is InChI=1S/C17H26N2O4S/c1-13(2)8-9-18-24(21,22)14-6-7-16(23-3)15(12-14)17(20)19-10-4-5-11-19/h6-7,12-13,18H,4-5,8-11H2,1-3H3. The predicted octanol–water partition coefficient (Wildman–Crippen LogP) is 2.26. The average molecular weight is 354 g/mol. The third kappa shape index (κ3) is 4.48. The van der Waals surface area contributed by atoms with Gasteiger partial charge in [0.15, 0.2) is 0 Å². The molecule has 24 heavy (non-hydrogen) atoms. The van der Waals surface area contributed by atoms with Gasteiger partial charge in [0.2, 0.25) is 10.0 Å². The Labute approximate surface area is 144 Å². The van der Waals surface area contributed by atoms with Crippen LogP contribution in [0.25, 0.3) is 0 Å². The maximum atomic E-state index is 12.6. The number of benzene rings is 1. The van der Waals surface area contributed by atoms with Crippen LogP contribution in [0.2, 0.25) is 0 Å². The summed E-state index contributed by atoms with van der Waals surface area (Å²) in [6, 6.07) is 4.43. The smallest absolute Gasteiger partial charge is 0.257 e. The van der Waals surface area contributed by atoms with E-state index in [1.165, 1.54) is 19.2 Å². The van der Waals surface area contributed by atoms with Crippen LogP contribution < -0.4 is 9.46 Å². The highest BCUT2D eigenvalue weighted by Crippen LogP contribution is 2.25. The van der Waals surface area contributed by atoms with Gasteiger partial charge in [-0.05, 0) is 43.4 Å². The fourth-order valence-corrected chi connectivity index (χ4v) is 3.75. The fraction of sp³-hybridized carbons (Fsp3) is 0.588. The number of likely N-dealkylation sites (tertiary alicyclic amines) is 1. The van der Waals surface area contributed by atoms with Crippen LogP contribution >= 0.6 is 0 Å². The molecule has 0 unspecified atom stereocenters. The lowest BCUT2D eigenvalue weighted by Gasteiger charge is -2.18. The van der Waals surface area contributed by atoms with E-state index in [2.05, 4.69) is 4.72 Å². The Morgan fingerprint density at radius 3 is 2.54 bits per heavy atom. The summed E-state index contributed by atoms with van der Waals surface area (Å²) >= 11 is 0. The minimum absolute atomic E-state index is 0.0922. The van der Waals surface area contributed by atoms with Crippen molar-refractivity contribution >= 4 is 15.9 Å². The fourth-order valence-electron chi connectivity index (χ4n) is 2.68. The second-order valence-electron chi connectivity index (χ2n) is 6.44. The van der Waals surface area contributed by atoms with Gasteiger partial charge in [-0.1, -0.05) is 13.8 Å². The van der Waals surface area contributed by atoms with E-state index in [1.807, 2.05) is 13.8 Å². The molecule has 1 aliphatic heterocycles. The molecule has 134 valence electrons. The molecule has 0 spiro atoms. The van der Waals surface area contributed by atoms with E-state index >= 15 is 0 Å². The maximum Gasteiger partial charge on any atom is 0.257 e. The van der Waals surface area contributed by atoms with Gasteiger partial charge in [0, 0.05) is 19.6 Å². The number of nitrogens with one attached hydrogen (secondary N) is 1. The topological polar surface area (TPSA) is 75.7 Å². The first kappa shape index (κ1) is 18.7. The lowest BCUT2D eigenvalue weighted by molar-refractivity contribution is 0.0789. The molecule has 2 rings (SSSR count). The molecule has 1 aromatic carbocycles. The van der Waals surface area contributed by atoms with Crippen molar-refractivity contribution in [1.29, 1.82) is 0 Å². The first-order valence-corrected chi connectivity index (χ1v) is 9.80. The van der Waals surface area contributed by atoms with Crippen molar-refractivity contribution in [3.05, 3.63) is 23.8 Å². The number of methoxy groups -OCH3 is 1. The second-order valence-corrected chi connectivity index (χ2v) is 8.21. The molecule has 0 aliphatic carbocycles. The number of nitrogens with zero attached hydrogens (tertiary/aromatic N) is 1. The van der Waals surface area contributed by atoms with E-state index in [0.717, 1.165) is 19.3 Å². The van der Waals surface area contributed by atoms with Gasteiger partial charge >= 0.3 is 0 Å². The van der Waals surface area contributed by atoms with Crippen molar-refractivity contribution in [3.8, 4) is 5.75 Å². The highest BCUT2D eigenvalue weighted by molar-refractivity contribution is 7.89. The minimum Gasteiger partial charge on any atom is -0.496 e. The first-order valence-electron chi connectivity index (χ1n) is 8.32. The van der Waals surface area contributed by atoms with Crippen molar-refractivity contribution in [2.75, 3.05) is 26.7 Å². The predicted molar refractivity (Wildman–Crippen MR) is 92.8 cm³/mol. The minimum atomic E-state index is -3.64. The molecule has 1 aromatic rings. The van der Waals surface area contributed by atoms with E-state index < -0.39 is 10.0 Å². The van der Waals surface area contributed by atoms with Crippen molar-refractivity contribution < 1.29 is 17.9 Å². The first-order chi connectivity index (χ1) is 11.3. The van der Waals surface area contributed by atoms with Crippen LogP contribution in [0.5, 0.6) is 5.75 Å². The lowest BCUT2D eigenvalue weighted by Crippen LogP contribution is -2.29. The van der Waals surface area contributed by atoms with Gasteiger partial charge < -0.3 is 9.64 Å². The summed E-state index contributed by atoms with van der Waals surface area (Å²) in [7, 11) is -2.16. The zero-order chi connectivity index (χ0) is 17.7. The molecule has 1 aliphatic rings. The Morgan fingerprint density at radius 2 is 1.96 bits per heavy atom. The molecule has 0 aromatic heterocycles. The summed E-state index contributed by atoms with van der Waals surface area (Å²) < 4.78 is 32.7. The van der Waals surface area contributed by atoms with E-state index in [1.54, 1.807) is 11.0 Å². The number of sulfonamides is 1. The van der Waals surface area contributed by atoms with Crippen LogP contribution in [0.3, 0.4) is 0 Å². The van der Waals surface area contributed by atoms with Crippen LogP contribution in [0, 0.1) is 5.92 Å². The second kappa shape index (κ2) is 7.98. The van der Waals surface area contributed by atoms with Crippen molar-refractivity contribution in [2.24, 2.45) is 5.92 Å². The van der Waals surface area contributed by atoms with Gasteiger partial charge in [0.1, 0.15) is 5.75 Å². The molecule has 1 N–H and O–H groups in total. The van der Waals surface area contributed by atoms with E-state index in [9.17, 15) is 13.2 Å². The summed E-state index contributed by atoms with van der Waals surface area (Å²) in [5.74, 6) is 0.632. The number of amides is 1. The Bertz CT molecular complexity index is 680. The van der Waals surface area contributed by atoms with Gasteiger partial charge in [0.05, 0.1) is 17.6 Å². The molecular formula is C17H26N2O4S. The third-order valence-electron chi connectivity index (χ3n) is 4.12. The van der Waals surface area contributed by atoms with Crippen molar-refractivity contribution in [3.63, 3.8) is 0 Å². The number of hydrogen-bond donors (Lipinski definition) is 1. The van der Waals surface area contributed by atoms with Crippen LogP contribution in [0.15, 0.2) is 23.1 Å². The normalized spacial score (nSPS) is 15.1. The third-order valence-corrected chi connectivity index (χ3v) is 5.58. The highest BCUT2D eigenvalue weighted by Gasteiger charge is 2.25. The Hall–Kier alpha value is -1.60. The zero-order valence-corrected chi connectivity index (χ0v) is 15.4. The van der Waals surface area contributed by atoms with Gasteiger partial charge in [-0.2, -0.15) is 0 Å². The molecule has 1 heterocycles. The number of carbonyl (C=O) groups is 1. The molecule has 0 radical (unpaired) electrons.